The molecule has 0 amide bonds. The Bertz CT molecular complexity index is 136. The van der Waals surface area contributed by atoms with Crippen LogP contribution >= 0.6 is 27.7 Å². The first kappa shape index (κ1) is 10.8. The van der Waals surface area contributed by atoms with Crippen molar-refractivity contribution >= 4 is 27.7 Å². The number of halogens is 1. The average molecular weight is 254 g/mol. The van der Waals surface area contributed by atoms with E-state index in [2.05, 4.69) is 27.8 Å². The van der Waals surface area contributed by atoms with E-state index in [0.717, 1.165) is 13.1 Å². The molecule has 2 atom stereocenters. The summed E-state index contributed by atoms with van der Waals surface area (Å²) in [6.45, 7) is 4.16. The van der Waals surface area contributed by atoms with E-state index in [0.29, 0.717) is 11.4 Å². The Hall–Kier alpha value is 0.750. The van der Waals surface area contributed by atoms with E-state index in [1.807, 2.05) is 11.8 Å². The van der Waals surface area contributed by atoms with Crippen molar-refractivity contribution in [3.8, 4) is 0 Å². The SMILES string of the molecule is CC1CSCCN1CC(O)CBr. The molecule has 0 radical (unpaired) electrons. The number of alkyl halides is 1. The summed E-state index contributed by atoms with van der Waals surface area (Å²) < 4.78 is 0. The monoisotopic (exact) mass is 253 g/mol. The van der Waals surface area contributed by atoms with Crippen molar-refractivity contribution in [3.63, 3.8) is 0 Å². The molecule has 1 aliphatic rings. The van der Waals surface area contributed by atoms with Crippen LogP contribution in [0.4, 0.5) is 0 Å². The maximum atomic E-state index is 9.43. The van der Waals surface area contributed by atoms with Crippen molar-refractivity contribution in [2.45, 2.75) is 19.1 Å². The normalized spacial score (nSPS) is 28.8. The zero-order valence-electron chi connectivity index (χ0n) is 7.37. The van der Waals surface area contributed by atoms with E-state index in [4.69, 9.17) is 0 Å². The molecular weight excluding hydrogens is 238 g/mol. The predicted molar refractivity (Wildman–Crippen MR) is 58.2 cm³/mol. The second kappa shape index (κ2) is 5.47. The van der Waals surface area contributed by atoms with Crippen molar-refractivity contribution in [2.24, 2.45) is 0 Å². The van der Waals surface area contributed by atoms with Crippen LogP contribution < -0.4 is 0 Å². The van der Waals surface area contributed by atoms with Gasteiger partial charge in [0.1, 0.15) is 0 Å². The van der Waals surface area contributed by atoms with Gasteiger partial charge in [0.2, 0.25) is 0 Å². The molecule has 1 fully saturated rings. The van der Waals surface area contributed by atoms with Crippen LogP contribution in [0.2, 0.25) is 0 Å². The maximum Gasteiger partial charge on any atom is 0.0763 e. The first-order valence-corrected chi connectivity index (χ1v) is 6.57. The highest BCUT2D eigenvalue weighted by Gasteiger charge is 2.20. The smallest absolute Gasteiger partial charge is 0.0763 e. The summed E-state index contributed by atoms with van der Waals surface area (Å²) in [6, 6.07) is 0.623. The van der Waals surface area contributed by atoms with Gasteiger partial charge in [0, 0.05) is 36.0 Å². The first-order valence-electron chi connectivity index (χ1n) is 4.30. The highest BCUT2D eigenvalue weighted by atomic mass is 79.9. The fourth-order valence-corrected chi connectivity index (χ4v) is 2.64. The Morgan fingerprint density at radius 1 is 1.75 bits per heavy atom. The Morgan fingerprint density at radius 2 is 2.50 bits per heavy atom. The second-order valence-corrected chi connectivity index (χ2v) is 5.02. The van der Waals surface area contributed by atoms with Gasteiger partial charge in [-0.1, -0.05) is 15.9 Å². The molecule has 0 aromatic heterocycles. The molecule has 12 heavy (non-hydrogen) atoms. The van der Waals surface area contributed by atoms with Gasteiger partial charge in [-0.2, -0.15) is 11.8 Å². The molecular formula is C8H16BrNOS. The topological polar surface area (TPSA) is 23.5 Å². The van der Waals surface area contributed by atoms with Gasteiger partial charge in [-0.15, -0.1) is 0 Å². The molecule has 2 unspecified atom stereocenters. The number of nitrogens with zero attached hydrogens (tertiary/aromatic N) is 1. The van der Waals surface area contributed by atoms with Gasteiger partial charge < -0.3 is 5.11 Å². The van der Waals surface area contributed by atoms with E-state index in [1.54, 1.807) is 0 Å². The lowest BCUT2D eigenvalue weighted by Crippen LogP contribution is -2.44. The van der Waals surface area contributed by atoms with E-state index in [9.17, 15) is 5.11 Å². The van der Waals surface area contributed by atoms with Crippen molar-refractivity contribution in [3.05, 3.63) is 0 Å². The molecule has 0 aromatic carbocycles. The molecule has 2 nitrogen and oxygen atoms in total. The summed E-state index contributed by atoms with van der Waals surface area (Å²) in [4.78, 5) is 2.36. The molecule has 4 heteroatoms. The third-order valence-electron chi connectivity index (χ3n) is 2.13. The summed E-state index contributed by atoms with van der Waals surface area (Å²) in [6.07, 6.45) is -0.212. The van der Waals surface area contributed by atoms with E-state index < -0.39 is 0 Å². The standard InChI is InChI=1S/C8H16BrNOS/c1-7-6-12-3-2-10(7)5-8(11)4-9/h7-8,11H,2-6H2,1H3. The molecule has 0 saturated carbocycles. The fourth-order valence-electron chi connectivity index (χ4n) is 1.35. The Balaban J connectivity index is 2.28. The van der Waals surface area contributed by atoms with Crippen molar-refractivity contribution < 1.29 is 5.11 Å². The quantitative estimate of drug-likeness (QED) is 0.765. The van der Waals surface area contributed by atoms with Gasteiger partial charge in [0.15, 0.2) is 0 Å². The molecule has 1 N–H and O–H groups in total. The molecule has 1 rings (SSSR count). The highest BCUT2D eigenvalue weighted by molar-refractivity contribution is 9.09. The molecule has 0 aromatic rings. The minimum atomic E-state index is -0.212. The zero-order valence-corrected chi connectivity index (χ0v) is 9.77. The number of aliphatic hydroxyl groups is 1. The molecule has 0 spiro atoms. The highest BCUT2D eigenvalue weighted by Crippen LogP contribution is 2.16. The van der Waals surface area contributed by atoms with Crippen molar-refractivity contribution in [1.29, 1.82) is 0 Å². The van der Waals surface area contributed by atoms with Crippen LogP contribution in [0.1, 0.15) is 6.92 Å². The summed E-state index contributed by atoms with van der Waals surface area (Å²) in [7, 11) is 0. The van der Waals surface area contributed by atoms with Gasteiger partial charge in [0.25, 0.3) is 0 Å². The molecule has 1 heterocycles. The summed E-state index contributed by atoms with van der Waals surface area (Å²) in [5, 5.41) is 10.1. The summed E-state index contributed by atoms with van der Waals surface area (Å²) >= 11 is 5.29. The fraction of sp³-hybridized carbons (Fsp3) is 1.00. The number of aliphatic hydroxyl groups excluding tert-OH is 1. The largest absolute Gasteiger partial charge is 0.391 e. The van der Waals surface area contributed by atoms with Crippen LogP contribution in [0.5, 0.6) is 0 Å². The van der Waals surface area contributed by atoms with E-state index >= 15 is 0 Å². The lowest BCUT2D eigenvalue weighted by molar-refractivity contribution is 0.115. The van der Waals surface area contributed by atoms with Gasteiger partial charge in [-0.3, -0.25) is 4.90 Å². The van der Waals surface area contributed by atoms with Gasteiger partial charge in [-0.05, 0) is 6.92 Å². The van der Waals surface area contributed by atoms with Crippen molar-refractivity contribution in [2.75, 3.05) is 29.9 Å². The first-order chi connectivity index (χ1) is 5.74. The Kier molecular flexibility index (Phi) is 4.94. The van der Waals surface area contributed by atoms with Gasteiger partial charge in [0.05, 0.1) is 6.10 Å². The number of hydrogen-bond acceptors (Lipinski definition) is 3. The van der Waals surface area contributed by atoms with Crippen LogP contribution in [-0.4, -0.2) is 52.1 Å². The molecule has 0 aliphatic carbocycles. The average Bonchev–Trinajstić information content (AvgIpc) is 2.09. The second-order valence-electron chi connectivity index (χ2n) is 3.23. The predicted octanol–water partition coefficient (Wildman–Crippen LogP) is 1.18. The third-order valence-corrected chi connectivity index (χ3v) is 4.07. The summed E-state index contributed by atoms with van der Waals surface area (Å²) in [5.74, 6) is 2.41. The molecule has 1 saturated heterocycles. The minimum Gasteiger partial charge on any atom is -0.391 e. The number of rotatable bonds is 3. The summed E-state index contributed by atoms with van der Waals surface area (Å²) in [5.41, 5.74) is 0. The van der Waals surface area contributed by atoms with Crippen molar-refractivity contribution in [1.82, 2.24) is 4.90 Å². The third kappa shape index (κ3) is 3.24. The lowest BCUT2D eigenvalue weighted by Gasteiger charge is -2.33. The molecule has 1 aliphatic heterocycles. The lowest BCUT2D eigenvalue weighted by atomic mass is 10.2. The van der Waals surface area contributed by atoms with E-state index in [1.165, 1.54) is 11.5 Å². The number of thioether (sulfide) groups is 1. The van der Waals surface area contributed by atoms with E-state index in [-0.39, 0.29) is 6.10 Å². The van der Waals surface area contributed by atoms with Crippen LogP contribution in [0.15, 0.2) is 0 Å². The van der Waals surface area contributed by atoms with Gasteiger partial charge in [-0.25, -0.2) is 0 Å². The minimum absolute atomic E-state index is 0.212. The van der Waals surface area contributed by atoms with Crippen LogP contribution in [0, 0.1) is 0 Å². The Labute approximate surface area is 86.8 Å². The number of β-amino-alcohol motifs (C(OH)–C–C–N with tert-alkyl or cyclic N) is 1. The zero-order chi connectivity index (χ0) is 8.97. The Morgan fingerprint density at radius 3 is 3.08 bits per heavy atom. The van der Waals surface area contributed by atoms with Crippen LogP contribution in [0.25, 0.3) is 0 Å². The van der Waals surface area contributed by atoms with Crippen LogP contribution in [-0.2, 0) is 0 Å². The molecule has 72 valence electrons. The maximum absolute atomic E-state index is 9.43. The van der Waals surface area contributed by atoms with Crippen LogP contribution in [0.3, 0.4) is 0 Å². The van der Waals surface area contributed by atoms with Gasteiger partial charge >= 0.3 is 0 Å². The molecule has 0 bridgehead atoms. The number of hydrogen-bond donors (Lipinski definition) is 1.